The zero-order valence-corrected chi connectivity index (χ0v) is 14.6. The maximum absolute atomic E-state index is 11.9. The number of ether oxygens (including phenoxy) is 1. The quantitative estimate of drug-likeness (QED) is 0.798. The van der Waals surface area contributed by atoms with Crippen molar-refractivity contribution in [1.82, 2.24) is 5.32 Å². The summed E-state index contributed by atoms with van der Waals surface area (Å²) in [7, 11) is 0. The predicted octanol–water partition coefficient (Wildman–Crippen LogP) is 2.08. The Morgan fingerprint density at radius 2 is 1.65 bits per heavy atom. The molecule has 0 bridgehead atoms. The van der Waals surface area contributed by atoms with Gasteiger partial charge in [0.15, 0.2) is 6.61 Å². The first-order valence-corrected chi connectivity index (χ1v) is 8.75. The van der Waals surface area contributed by atoms with Crippen molar-refractivity contribution in [2.75, 3.05) is 24.6 Å². The number of nitrogens with one attached hydrogen (secondary N) is 1. The molecule has 0 aliphatic carbocycles. The van der Waals surface area contributed by atoms with E-state index in [0.717, 1.165) is 18.7 Å². The molecule has 3 N–H and O–H groups in total. The second-order valence-electron chi connectivity index (χ2n) is 6.31. The molecule has 0 spiro atoms. The lowest BCUT2D eigenvalue weighted by Crippen LogP contribution is -2.28. The van der Waals surface area contributed by atoms with E-state index in [4.69, 9.17) is 10.5 Å². The summed E-state index contributed by atoms with van der Waals surface area (Å²) in [4.78, 5) is 25.3. The molecule has 0 saturated carbocycles. The number of primary amides is 1. The Morgan fingerprint density at radius 3 is 2.27 bits per heavy atom. The van der Waals surface area contributed by atoms with Crippen molar-refractivity contribution in [3.63, 3.8) is 0 Å². The van der Waals surface area contributed by atoms with Crippen LogP contribution in [0.3, 0.4) is 0 Å². The van der Waals surface area contributed by atoms with Crippen LogP contribution in [0.5, 0.6) is 5.75 Å². The van der Waals surface area contributed by atoms with E-state index in [9.17, 15) is 9.59 Å². The maximum Gasteiger partial charge on any atom is 0.258 e. The molecule has 6 nitrogen and oxygen atoms in total. The lowest BCUT2D eigenvalue weighted by molar-refractivity contribution is -0.123. The highest BCUT2D eigenvalue weighted by Gasteiger charge is 2.12. The summed E-state index contributed by atoms with van der Waals surface area (Å²) < 4.78 is 5.41. The average Bonchev–Trinajstić information content (AvgIpc) is 3.20. The van der Waals surface area contributed by atoms with E-state index in [2.05, 4.69) is 22.3 Å². The van der Waals surface area contributed by atoms with Crippen LogP contribution in [0.25, 0.3) is 0 Å². The highest BCUT2D eigenvalue weighted by atomic mass is 16.5. The van der Waals surface area contributed by atoms with Crippen molar-refractivity contribution in [2.24, 2.45) is 5.73 Å². The highest BCUT2D eigenvalue weighted by Crippen LogP contribution is 2.20. The van der Waals surface area contributed by atoms with E-state index in [0.29, 0.717) is 17.9 Å². The minimum absolute atomic E-state index is 0.0816. The maximum atomic E-state index is 11.9. The van der Waals surface area contributed by atoms with Gasteiger partial charge in [-0.05, 0) is 54.8 Å². The lowest BCUT2D eigenvalue weighted by Gasteiger charge is -2.17. The average molecular weight is 353 g/mol. The number of carbonyl (C=O) groups excluding carboxylic acids is 2. The first-order valence-electron chi connectivity index (χ1n) is 8.75. The zero-order valence-electron chi connectivity index (χ0n) is 14.6. The molecule has 1 fully saturated rings. The Balaban J connectivity index is 1.42. The Bertz CT molecular complexity index is 751. The van der Waals surface area contributed by atoms with Crippen molar-refractivity contribution in [3.8, 4) is 5.75 Å². The third kappa shape index (κ3) is 4.75. The van der Waals surface area contributed by atoms with Gasteiger partial charge in [-0.3, -0.25) is 9.59 Å². The molecule has 1 heterocycles. The Hall–Kier alpha value is -3.02. The summed E-state index contributed by atoms with van der Waals surface area (Å²) in [6.07, 6.45) is 2.51. The number of benzene rings is 2. The fourth-order valence-corrected chi connectivity index (χ4v) is 2.92. The van der Waals surface area contributed by atoms with Gasteiger partial charge in [0.1, 0.15) is 5.75 Å². The first kappa shape index (κ1) is 17.8. The van der Waals surface area contributed by atoms with Crippen LogP contribution in [-0.2, 0) is 11.3 Å². The summed E-state index contributed by atoms with van der Waals surface area (Å²) in [6, 6.07) is 14.6. The van der Waals surface area contributed by atoms with Gasteiger partial charge in [-0.1, -0.05) is 12.1 Å². The minimum atomic E-state index is -0.495. The van der Waals surface area contributed by atoms with Gasteiger partial charge in [0, 0.05) is 30.9 Å². The number of hydrogen-bond acceptors (Lipinski definition) is 4. The van der Waals surface area contributed by atoms with E-state index in [1.807, 2.05) is 12.1 Å². The van der Waals surface area contributed by atoms with Gasteiger partial charge < -0.3 is 20.7 Å². The van der Waals surface area contributed by atoms with E-state index in [1.54, 1.807) is 24.3 Å². The topological polar surface area (TPSA) is 84.7 Å². The number of carbonyl (C=O) groups is 2. The molecule has 136 valence electrons. The summed E-state index contributed by atoms with van der Waals surface area (Å²) in [5.74, 6) is -0.183. The smallest absolute Gasteiger partial charge is 0.258 e. The number of nitrogens with zero attached hydrogens (tertiary/aromatic N) is 1. The number of anilines is 1. The standard InChI is InChI=1S/C20H23N3O3/c21-20(25)16-5-9-18(10-6-16)26-14-19(24)22-13-15-3-7-17(8-4-15)23-11-1-2-12-23/h3-10H,1-2,11-14H2,(H2,21,25)(H,22,24). The van der Waals surface area contributed by atoms with E-state index in [1.165, 1.54) is 18.5 Å². The normalized spacial score (nSPS) is 13.5. The monoisotopic (exact) mass is 353 g/mol. The van der Waals surface area contributed by atoms with Crippen LogP contribution in [0.15, 0.2) is 48.5 Å². The molecule has 1 saturated heterocycles. The van der Waals surface area contributed by atoms with E-state index in [-0.39, 0.29) is 12.5 Å². The van der Waals surface area contributed by atoms with Gasteiger partial charge in [-0.2, -0.15) is 0 Å². The van der Waals surface area contributed by atoms with Crippen LogP contribution >= 0.6 is 0 Å². The van der Waals surface area contributed by atoms with Crippen LogP contribution in [0.4, 0.5) is 5.69 Å². The van der Waals surface area contributed by atoms with Crippen molar-refractivity contribution < 1.29 is 14.3 Å². The zero-order chi connectivity index (χ0) is 18.4. The molecule has 2 amide bonds. The molecule has 1 aliphatic rings. The van der Waals surface area contributed by atoms with Gasteiger partial charge in [-0.15, -0.1) is 0 Å². The number of rotatable bonds is 7. The fourth-order valence-electron chi connectivity index (χ4n) is 2.92. The molecule has 1 aliphatic heterocycles. The fraction of sp³-hybridized carbons (Fsp3) is 0.300. The van der Waals surface area contributed by atoms with Gasteiger partial charge in [0.2, 0.25) is 5.91 Å². The van der Waals surface area contributed by atoms with E-state index < -0.39 is 5.91 Å². The number of hydrogen-bond donors (Lipinski definition) is 2. The SMILES string of the molecule is NC(=O)c1ccc(OCC(=O)NCc2ccc(N3CCCC3)cc2)cc1. The third-order valence-corrected chi connectivity index (χ3v) is 4.41. The molecular formula is C20H23N3O3. The van der Waals surface area contributed by atoms with Crippen molar-refractivity contribution in [1.29, 1.82) is 0 Å². The molecule has 0 radical (unpaired) electrons. The van der Waals surface area contributed by atoms with Gasteiger partial charge >= 0.3 is 0 Å². The second-order valence-corrected chi connectivity index (χ2v) is 6.31. The molecule has 2 aromatic carbocycles. The molecule has 0 unspecified atom stereocenters. The molecule has 2 aromatic rings. The van der Waals surface area contributed by atoms with Gasteiger partial charge in [0.05, 0.1) is 0 Å². The second kappa shape index (κ2) is 8.38. The summed E-state index contributed by atoms with van der Waals surface area (Å²) in [5.41, 5.74) is 7.87. The lowest BCUT2D eigenvalue weighted by atomic mass is 10.2. The number of amides is 2. The summed E-state index contributed by atoms with van der Waals surface area (Å²) >= 11 is 0. The molecule has 26 heavy (non-hydrogen) atoms. The molecular weight excluding hydrogens is 330 g/mol. The van der Waals surface area contributed by atoms with Crippen molar-refractivity contribution >= 4 is 17.5 Å². The van der Waals surface area contributed by atoms with Crippen LogP contribution in [0.1, 0.15) is 28.8 Å². The van der Waals surface area contributed by atoms with E-state index >= 15 is 0 Å². The Kier molecular flexibility index (Phi) is 5.73. The van der Waals surface area contributed by atoms with Crippen molar-refractivity contribution in [3.05, 3.63) is 59.7 Å². The predicted molar refractivity (Wildman–Crippen MR) is 100 cm³/mol. The van der Waals surface area contributed by atoms with Gasteiger partial charge in [-0.25, -0.2) is 0 Å². The molecule has 0 aromatic heterocycles. The largest absolute Gasteiger partial charge is 0.484 e. The minimum Gasteiger partial charge on any atom is -0.484 e. The van der Waals surface area contributed by atoms with Crippen LogP contribution < -0.4 is 20.7 Å². The summed E-state index contributed by atoms with van der Waals surface area (Å²) in [5, 5.41) is 2.84. The Morgan fingerprint density at radius 1 is 1.00 bits per heavy atom. The Labute approximate surface area is 152 Å². The molecule has 0 atom stereocenters. The highest BCUT2D eigenvalue weighted by molar-refractivity contribution is 5.92. The third-order valence-electron chi connectivity index (χ3n) is 4.41. The van der Waals surface area contributed by atoms with Crippen molar-refractivity contribution in [2.45, 2.75) is 19.4 Å². The van der Waals surface area contributed by atoms with Crippen LogP contribution in [-0.4, -0.2) is 31.5 Å². The molecule has 6 heteroatoms. The van der Waals surface area contributed by atoms with Crippen LogP contribution in [0, 0.1) is 0 Å². The molecule has 3 rings (SSSR count). The first-order chi connectivity index (χ1) is 12.6. The number of nitrogens with two attached hydrogens (primary N) is 1. The summed E-state index contributed by atoms with van der Waals surface area (Å²) in [6.45, 7) is 2.62. The van der Waals surface area contributed by atoms with Gasteiger partial charge in [0.25, 0.3) is 5.91 Å². The van der Waals surface area contributed by atoms with Crippen LogP contribution in [0.2, 0.25) is 0 Å².